The topological polar surface area (TPSA) is 0 Å². The van der Waals surface area contributed by atoms with Crippen molar-refractivity contribution in [3.63, 3.8) is 0 Å². The summed E-state index contributed by atoms with van der Waals surface area (Å²) in [6.45, 7) is 0. The maximum Gasteiger partial charge on any atom is 1.00 e. The molecule has 0 rings (SSSR count). The zero-order valence-electron chi connectivity index (χ0n) is 5.45. The average Bonchev–Trinajstić information content (AvgIpc) is 0.722. The fraction of sp³-hybridized carbons (Fsp3) is 1.00. The molecule has 0 radical (unpaired) electrons. The fourth-order valence-corrected chi connectivity index (χ4v) is 0. The molecule has 0 atom stereocenters. The van der Waals surface area contributed by atoms with Gasteiger partial charge in [-0.3, -0.25) is 0 Å². The van der Waals surface area contributed by atoms with E-state index >= 15 is 0 Å². The predicted octanol–water partition coefficient (Wildman–Crippen LogP) is -5.58. The number of rotatable bonds is 0. The van der Waals surface area contributed by atoms with Crippen LogP contribution >= 0.6 is 0 Å². The Bertz CT molecular complexity index is 29.5. The molecule has 0 saturated heterocycles. The van der Waals surface area contributed by atoms with E-state index in [0.717, 1.165) is 4.48 Å². The van der Waals surface area contributed by atoms with Crippen molar-refractivity contribution in [1.82, 2.24) is 0 Å². The molecule has 0 spiro atoms. The van der Waals surface area contributed by atoms with Crippen molar-refractivity contribution in [2.75, 3.05) is 28.2 Å². The molecule has 0 aliphatic carbocycles. The van der Waals surface area contributed by atoms with Crippen LogP contribution in [0.4, 0.5) is 0 Å². The standard InChI is InChI=1S/C4H12N.2BH4.Li/c1-5(2,3)4;;;/h1-4H3;2*1H4;/q+1;2*-1;+1. The van der Waals surface area contributed by atoms with E-state index in [9.17, 15) is 0 Å². The first-order chi connectivity index (χ1) is 2.00. The Morgan fingerprint density at radius 3 is 0.750 bits per heavy atom. The van der Waals surface area contributed by atoms with Gasteiger partial charge in [-0.15, -0.1) is 0 Å². The summed E-state index contributed by atoms with van der Waals surface area (Å²) in [4.78, 5) is 0. The van der Waals surface area contributed by atoms with E-state index in [1.807, 2.05) is 0 Å². The molecule has 0 amide bonds. The van der Waals surface area contributed by atoms with Crippen LogP contribution in [0.25, 0.3) is 0 Å². The van der Waals surface area contributed by atoms with Crippen LogP contribution in [0.1, 0.15) is 0 Å². The van der Waals surface area contributed by atoms with Crippen LogP contribution < -0.4 is 18.9 Å². The Balaban J connectivity index is -0.0000000267. The third-order valence-electron chi connectivity index (χ3n) is 0. The monoisotopic (exact) mass is 111 g/mol. The van der Waals surface area contributed by atoms with Gasteiger partial charge in [-0.2, -0.15) is 0 Å². The molecular weight excluding hydrogens is 90.6 g/mol. The summed E-state index contributed by atoms with van der Waals surface area (Å²) in [5.41, 5.74) is 0. The zero-order valence-corrected chi connectivity index (χ0v) is 5.45. The summed E-state index contributed by atoms with van der Waals surface area (Å²) in [7, 11) is 8.50. The molecule has 0 fully saturated rings. The normalized spacial score (nSPS) is 7.50. The van der Waals surface area contributed by atoms with E-state index in [0.29, 0.717) is 0 Å². The molecule has 0 aliphatic rings. The van der Waals surface area contributed by atoms with Crippen molar-refractivity contribution >= 4 is 16.8 Å². The summed E-state index contributed by atoms with van der Waals surface area (Å²) in [6.07, 6.45) is 0. The van der Waals surface area contributed by atoms with Crippen LogP contribution in [0.2, 0.25) is 0 Å². The molecule has 0 unspecified atom stereocenters. The summed E-state index contributed by atoms with van der Waals surface area (Å²) >= 11 is 0. The fourth-order valence-electron chi connectivity index (χ4n) is 0. The van der Waals surface area contributed by atoms with E-state index in [4.69, 9.17) is 0 Å². The van der Waals surface area contributed by atoms with Gasteiger partial charge < -0.3 is 4.48 Å². The second-order valence-electron chi connectivity index (χ2n) is 2.68. The average molecular weight is 111 g/mol. The Morgan fingerprint density at radius 2 is 0.750 bits per heavy atom. The molecule has 4 heteroatoms. The van der Waals surface area contributed by atoms with Crippen LogP contribution in [0.3, 0.4) is 0 Å². The summed E-state index contributed by atoms with van der Waals surface area (Å²) in [5, 5.41) is 0. The van der Waals surface area contributed by atoms with E-state index in [-0.39, 0.29) is 35.7 Å². The zero-order chi connectivity index (χ0) is 4.50. The first-order valence-electron chi connectivity index (χ1n) is 1.79. The predicted molar refractivity (Wildman–Crippen MR) is 46.6 cm³/mol. The van der Waals surface area contributed by atoms with E-state index in [1.54, 1.807) is 0 Å². The number of quaternary nitrogens is 1. The first-order valence-corrected chi connectivity index (χ1v) is 1.79. The molecule has 1 nitrogen and oxygen atoms in total. The van der Waals surface area contributed by atoms with Gasteiger partial charge in [0.25, 0.3) is 0 Å². The second-order valence-corrected chi connectivity index (χ2v) is 2.68. The molecule has 0 bridgehead atoms. The van der Waals surface area contributed by atoms with Gasteiger partial charge in [0, 0.05) is 0 Å². The SMILES string of the molecule is C[N+](C)(C)C.[BH4-].[BH4-].[Li+]. The molecule has 8 heavy (non-hydrogen) atoms. The molecule has 0 heterocycles. The van der Waals surface area contributed by atoms with Crippen molar-refractivity contribution in [1.29, 1.82) is 0 Å². The Labute approximate surface area is 68.7 Å². The van der Waals surface area contributed by atoms with Gasteiger partial charge in [-0.25, -0.2) is 0 Å². The van der Waals surface area contributed by atoms with Gasteiger partial charge >= 0.3 is 18.9 Å². The molecule has 0 aromatic heterocycles. The van der Waals surface area contributed by atoms with Gasteiger partial charge in [-0.1, -0.05) is 16.8 Å². The van der Waals surface area contributed by atoms with Crippen LogP contribution in [-0.4, -0.2) is 49.5 Å². The Kier molecular flexibility index (Phi) is 22.5. The van der Waals surface area contributed by atoms with Gasteiger partial charge in [0.05, 0.1) is 28.2 Å². The number of nitrogens with zero attached hydrogens (tertiary/aromatic N) is 1. The molecule has 0 aromatic rings. The van der Waals surface area contributed by atoms with Gasteiger partial charge in [-0.05, 0) is 0 Å². The van der Waals surface area contributed by atoms with Crippen molar-refractivity contribution in [2.45, 2.75) is 0 Å². The van der Waals surface area contributed by atoms with Crippen LogP contribution in [0.5, 0.6) is 0 Å². The number of hydrogen-bond acceptors (Lipinski definition) is 0. The molecule has 0 aromatic carbocycles. The van der Waals surface area contributed by atoms with Crippen LogP contribution in [0, 0.1) is 0 Å². The summed E-state index contributed by atoms with van der Waals surface area (Å²) < 4.78 is 1.00. The maximum absolute atomic E-state index is 2.12. The van der Waals surface area contributed by atoms with Crippen molar-refractivity contribution in [3.05, 3.63) is 0 Å². The Morgan fingerprint density at radius 1 is 0.750 bits per heavy atom. The maximum atomic E-state index is 2.12. The quantitative estimate of drug-likeness (QED) is 0.216. The third kappa shape index (κ3) is 458. The van der Waals surface area contributed by atoms with E-state index in [2.05, 4.69) is 28.2 Å². The molecule has 0 saturated carbocycles. The minimum absolute atomic E-state index is 0. The van der Waals surface area contributed by atoms with Crippen molar-refractivity contribution in [2.24, 2.45) is 0 Å². The third-order valence-corrected chi connectivity index (χ3v) is 0. The number of hydrogen-bond donors (Lipinski definition) is 0. The second kappa shape index (κ2) is 7.69. The van der Waals surface area contributed by atoms with Crippen LogP contribution in [0.15, 0.2) is 0 Å². The smallest absolute Gasteiger partial charge is 0.333 e. The summed E-state index contributed by atoms with van der Waals surface area (Å²) in [5.74, 6) is 0. The largest absolute Gasteiger partial charge is 1.00 e. The van der Waals surface area contributed by atoms with Crippen molar-refractivity contribution < 1.29 is 23.3 Å². The summed E-state index contributed by atoms with van der Waals surface area (Å²) in [6, 6.07) is 0. The van der Waals surface area contributed by atoms with Gasteiger partial charge in [0.15, 0.2) is 0 Å². The van der Waals surface area contributed by atoms with E-state index < -0.39 is 0 Å². The minimum Gasteiger partial charge on any atom is -0.333 e. The molecule has 48 valence electrons. The van der Waals surface area contributed by atoms with Crippen LogP contribution in [-0.2, 0) is 0 Å². The minimum atomic E-state index is 0. The Hall–Kier alpha value is 0.687. The molecule has 0 N–H and O–H groups in total. The first kappa shape index (κ1) is 23.4. The molecule has 0 aliphatic heterocycles. The van der Waals surface area contributed by atoms with Crippen molar-refractivity contribution in [3.8, 4) is 0 Å². The molecular formula is C4H20B2LiN. The van der Waals surface area contributed by atoms with Gasteiger partial charge in [0.1, 0.15) is 0 Å². The van der Waals surface area contributed by atoms with Gasteiger partial charge in [0.2, 0.25) is 0 Å². The van der Waals surface area contributed by atoms with E-state index in [1.165, 1.54) is 0 Å².